The Balaban J connectivity index is 0.918. The van der Waals surface area contributed by atoms with Crippen LogP contribution in [-0.2, 0) is 0 Å². The molecule has 4 aromatic heterocycles. The summed E-state index contributed by atoms with van der Waals surface area (Å²) in [6.45, 7) is 0. The van der Waals surface area contributed by atoms with Crippen LogP contribution in [0.3, 0.4) is 0 Å². The van der Waals surface area contributed by atoms with E-state index in [2.05, 4.69) is 250 Å². The van der Waals surface area contributed by atoms with Gasteiger partial charge in [-0.25, -0.2) is 9.97 Å². The third-order valence-corrected chi connectivity index (χ3v) is 15.4. The second-order valence-electron chi connectivity index (χ2n) is 19.3. The average molecular weight is 928 g/mol. The molecule has 0 fully saturated rings. The molecule has 0 bridgehead atoms. The summed E-state index contributed by atoms with van der Waals surface area (Å²) in [6, 6.07) is 90.3. The van der Waals surface area contributed by atoms with Crippen molar-refractivity contribution >= 4 is 109 Å². The van der Waals surface area contributed by atoms with Crippen LogP contribution >= 0.6 is 0 Å². The first kappa shape index (κ1) is 39.9. The maximum absolute atomic E-state index is 5.52. The fourth-order valence-electron chi connectivity index (χ4n) is 12.2. The third kappa shape index (κ3) is 5.79. The molecule has 0 aliphatic rings. The molecule has 12 aromatic carbocycles. The molecule has 16 rings (SSSR count). The van der Waals surface area contributed by atoms with Gasteiger partial charge in [0.15, 0.2) is 0 Å². The van der Waals surface area contributed by atoms with E-state index in [-0.39, 0.29) is 0 Å². The maximum atomic E-state index is 5.52. The molecule has 0 saturated heterocycles. The summed E-state index contributed by atoms with van der Waals surface area (Å²) in [5.74, 6) is 0. The standard InChI is InChI=1S/C68H41N5/c1-2-20-45(21-3-1)71-61-32-13-8-25-53(61)65-54(27-16-34-63(65)71)67-66(69-57-28-9-10-29-58(57)70-67)51-26-14-18-43-39-46(36-38-47(43)51)72-59-30-11-7-24-50(59)56-40-44-19-15-33-62(55(44)41-64(56)72)73-60-31-12-6-23-49(60)52-37-35-42-17-4-5-22-48(42)68(52)73/h1-41H. The van der Waals surface area contributed by atoms with Gasteiger partial charge in [0.2, 0.25) is 0 Å². The topological polar surface area (TPSA) is 40.6 Å². The van der Waals surface area contributed by atoms with Crippen LogP contribution in [0, 0.1) is 0 Å². The number of benzene rings is 12. The van der Waals surface area contributed by atoms with Gasteiger partial charge >= 0.3 is 0 Å². The molecular weight excluding hydrogens is 887 g/mol. The van der Waals surface area contributed by atoms with Gasteiger partial charge in [-0.05, 0) is 100 Å². The van der Waals surface area contributed by atoms with E-state index in [4.69, 9.17) is 9.97 Å². The van der Waals surface area contributed by atoms with Gasteiger partial charge in [-0.1, -0.05) is 170 Å². The SMILES string of the molecule is c1ccc(-n2c3ccccc3c3c(-c4nc5ccccc5nc4-c4cccc5cc(-n6c7ccccc7c7cc8cccc(-n9c%10ccccc%10c%10ccc%11ccccc%11c%109)c8cc76)ccc45)cccc32)cc1. The van der Waals surface area contributed by atoms with Crippen LogP contribution in [0.5, 0.6) is 0 Å². The lowest BCUT2D eigenvalue weighted by Crippen LogP contribution is -1.98. The fraction of sp³-hybridized carbons (Fsp3) is 0. The second-order valence-corrected chi connectivity index (χ2v) is 19.3. The molecule has 0 radical (unpaired) electrons. The Morgan fingerprint density at radius 3 is 1.60 bits per heavy atom. The van der Waals surface area contributed by atoms with E-state index < -0.39 is 0 Å². The van der Waals surface area contributed by atoms with Crippen molar-refractivity contribution in [2.24, 2.45) is 0 Å². The summed E-state index contributed by atoms with van der Waals surface area (Å²) in [5.41, 5.74) is 15.9. The van der Waals surface area contributed by atoms with E-state index >= 15 is 0 Å². The number of rotatable bonds is 5. The minimum absolute atomic E-state index is 0.856. The first-order chi connectivity index (χ1) is 36.2. The molecule has 0 amide bonds. The number of aromatic nitrogens is 5. The van der Waals surface area contributed by atoms with E-state index in [9.17, 15) is 0 Å². The van der Waals surface area contributed by atoms with Crippen LogP contribution in [0.25, 0.3) is 148 Å². The van der Waals surface area contributed by atoms with Gasteiger partial charge in [-0.2, -0.15) is 0 Å². The lowest BCUT2D eigenvalue weighted by atomic mass is 9.95. The monoisotopic (exact) mass is 927 g/mol. The molecule has 73 heavy (non-hydrogen) atoms. The van der Waals surface area contributed by atoms with Crippen molar-refractivity contribution in [2.45, 2.75) is 0 Å². The van der Waals surface area contributed by atoms with Gasteiger partial charge in [-0.3, -0.25) is 0 Å². The van der Waals surface area contributed by atoms with Crippen molar-refractivity contribution in [3.05, 3.63) is 249 Å². The molecule has 338 valence electrons. The molecule has 0 saturated carbocycles. The predicted octanol–water partition coefficient (Wildman–Crippen LogP) is 17.7. The summed E-state index contributed by atoms with van der Waals surface area (Å²) < 4.78 is 7.32. The highest BCUT2D eigenvalue weighted by molar-refractivity contribution is 6.21. The van der Waals surface area contributed by atoms with E-state index in [1.165, 1.54) is 59.5 Å². The van der Waals surface area contributed by atoms with E-state index in [1.54, 1.807) is 0 Å². The Hall–Kier alpha value is -9.84. The smallest absolute Gasteiger partial charge is 0.0980 e. The molecule has 0 N–H and O–H groups in total. The largest absolute Gasteiger partial charge is 0.309 e. The summed E-state index contributed by atoms with van der Waals surface area (Å²) in [7, 11) is 0. The van der Waals surface area contributed by atoms with Crippen molar-refractivity contribution < 1.29 is 0 Å². The van der Waals surface area contributed by atoms with Crippen molar-refractivity contribution in [1.82, 2.24) is 23.7 Å². The Kier molecular flexibility index (Phi) is 8.39. The summed E-state index contributed by atoms with van der Waals surface area (Å²) >= 11 is 0. The van der Waals surface area contributed by atoms with Gasteiger partial charge in [0, 0.05) is 65.6 Å². The fourth-order valence-corrected chi connectivity index (χ4v) is 12.2. The summed E-state index contributed by atoms with van der Waals surface area (Å²) in [4.78, 5) is 11.0. The van der Waals surface area contributed by atoms with Crippen molar-refractivity contribution in [1.29, 1.82) is 0 Å². The highest BCUT2D eigenvalue weighted by Crippen LogP contribution is 2.45. The Labute approximate surface area is 418 Å². The molecule has 5 heteroatoms. The number of fused-ring (bicyclic) bond motifs is 14. The number of hydrogen-bond donors (Lipinski definition) is 0. The molecular formula is C68H41N5. The molecule has 0 atom stereocenters. The van der Waals surface area contributed by atoms with Crippen LogP contribution in [0.2, 0.25) is 0 Å². The molecule has 0 aliphatic carbocycles. The first-order valence-corrected chi connectivity index (χ1v) is 25.0. The van der Waals surface area contributed by atoms with E-state index in [1.807, 2.05) is 12.1 Å². The highest BCUT2D eigenvalue weighted by Gasteiger charge is 2.23. The Morgan fingerprint density at radius 2 is 0.808 bits per heavy atom. The number of para-hydroxylation sites is 6. The van der Waals surface area contributed by atoms with Crippen molar-refractivity contribution in [3.8, 4) is 39.6 Å². The molecule has 0 unspecified atom stereocenters. The van der Waals surface area contributed by atoms with E-state index in [0.717, 1.165) is 88.8 Å². The second kappa shape index (κ2) is 15.3. The van der Waals surface area contributed by atoms with Gasteiger partial charge in [0.1, 0.15) is 0 Å². The van der Waals surface area contributed by atoms with Gasteiger partial charge in [-0.15, -0.1) is 0 Å². The predicted molar refractivity (Wildman–Crippen MR) is 306 cm³/mol. The van der Waals surface area contributed by atoms with Crippen molar-refractivity contribution in [2.75, 3.05) is 0 Å². The van der Waals surface area contributed by atoms with E-state index in [0.29, 0.717) is 0 Å². The summed E-state index contributed by atoms with van der Waals surface area (Å²) in [6.07, 6.45) is 0. The van der Waals surface area contributed by atoms with Crippen LogP contribution in [0.1, 0.15) is 0 Å². The minimum Gasteiger partial charge on any atom is -0.309 e. The van der Waals surface area contributed by atoms with Gasteiger partial charge in [0.25, 0.3) is 0 Å². The Morgan fingerprint density at radius 1 is 0.260 bits per heavy atom. The summed E-state index contributed by atoms with van der Waals surface area (Å²) in [5, 5.41) is 14.4. The first-order valence-electron chi connectivity index (χ1n) is 25.0. The quantitative estimate of drug-likeness (QED) is 0.173. The highest BCUT2D eigenvalue weighted by atomic mass is 15.0. The van der Waals surface area contributed by atoms with Crippen LogP contribution in [0.4, 0.5) is 0 Å². The molecule has 16 aromatic rings. The zero-order chi connectivity index (χ0) is 47.7. The third-order valence-electron chi connectivity index (χ3n) is 15.4. The number of hydrogen-bond acceptors (Lipinski definition) is 2. The van der Waals surface area contributed by atoms with Crippen LogP contribution in [0.15, 0.2) is 249 Å². The van der Waals surface area contributed by atoms with Gasteiger partial charge in [0.05, 0.1) is 61.2 Å². The van der Waals surface area contributed by atoms with Crippen LogP contribution in [-0.4, -0.2) is 23.7 Å². The van der Waals surface area contributed by atoms with Crippen LogP contribution < -0.4 is 0 Å². The zero-order valence-electron chi connectivity index (χ0n) is 39.4. The van der Waals surface area contributed by atoms with Crippen molar-refractivity contribution in [3.63, 3.8) is 0 Å². The lowest BCUT2D eigenvalue weighted by Gasteiger charge is -2.16. The molecule has 0 spiro atoms. The molecule has 0 aliphatic heterocycles. The van der Waals surface area contributed by atoms with Gasteiger partial charge < -0.3 is 13.7 Å². The lowest BCUT2D eigenvalue weighted by molar-refractivity contribution is 1.18. The molecule has 5 nitrogen and oxygen atoms in total. The number of nitrogens with zero attached hydrogens (tertiary/aromatic N) is 5. The maximum Gasteiger partial charge on any atom is 0.0980 e. The normalized spacial score (nSPS) is 12.1. The minimum atomic E-state index is 0.856. The Bertz CT molecular complexity index is 4980. The average Bonchev–Trinajstić information content (AvgIpc) is 4.12. The molecule has 4 heterocycles. The zero-order valence-corrected chi connectivity index (χ0v) is 39.4.